The van der Waals surface area contributed by atoms with Gasteiger partial charge in [-0.15, -0.1) is 0 Å². The minimum Gasteiger partial charge on any atom is -0.282 e. The Morgan fingerprint density at radius 1 is 1.37 bits per heavy atom. The van der Waals surface area contributed by atoms with Crippen LogP contribution in [0.4, 0.5) is 13.2 Å². The van der Waals surface area contributed by atoms with E-state index in [4.69, 9.17) is 0 Å². The molecule has 2 aromatic heterocycles. The first-order valence-corrected chi connectivity index (χ1v) is 6.13. The van der Waals surface area contributed by atoms with E-state index in [2.05, 4.69) is 15.3 Å². The summed E-state index contributed by atoms with van der Waals surface area (Å²) in [6.45, 7) is 0.900. The maximum absolute atomic E-state index is 12.4. The summed E-state index contributed by atoms with van der Waals surface area (Å²) in [5.74, 6) is 0.719. The van der Waals surface area contributed by atoms with Crippen LogP contribution in [0.1, 0.15) is 29.8 Å². The molecule has 7 heteroatoms. The third-order valence-corrected chi connectivity index (χ3v) is 3.14. The molecule has 102 valence electrons. The number of hydrogen-bond acceptors (Lipinski definition) is 2. The summed E-state index contributed by atoms with van der Waals surface area (Å²) in [6, 6.07) is 1.04. The molecule has 1 aliphatic rings. The van der Waals surface area contributed by atoms with Gasteiger partial charge in [0.15, 0.2) is 5.69 Å². The molecular weight excluding hydrogens is 257 g/mol. The monoisotopic (exact) mass is 270 g/mol. The van der Waals surface area contributed by atoms with Crippen molar-refractivity contribution in [3.05, 3.63) is 35.4 Å². The number of hydrogen-bond donors (Lipinski definition) is 1. The van der Waals surface area contributed by atoms with Crippen LogP contribution in [0.2, 0.25) is 0 Å². The highest BCUT2D eigenvalue weighted by atomic mass is 19.4. The SMILES string of the molecule is FC(F)(F)c1cc(Cc2cnn(CC3CC3)c2)[nH]n1. The zero-order chi connectivity index (χ0) is 13.5. The van der Waals surface area contributed by atoms with Gasteiger partial charge in [0.05, 0.1) is 6.20 Å². The van der Waals surface area contributed by atoms with Crippen LogP contribution in [0.15, 0.2) is 18.5 Å². The maximum atomic E-state index is 12.4. The third-order valence-electron chi connectivity index (χ3n) is 3.14. The first kappa shape index (κ1) is 12.3. The Morgan fingerprint density at radius 2 is 2.16 bits per heavy atom. The Morgan fingerprint density at radius 3 is 2.79 bits per heavy atom. The van der Waals surface area contributed by atoms with Crippen LogP contribution in [-0.4, -0.2) is 20.0 Å². The zero-order valence-corrected chi connectivity index (χ0v) is 10.1. The summed E-state index contributed by atoms with van der Waals surface area (Å²) < 4.78 is 39.0. The summed E-state index contributed by atoms with van der Waals surface area (Å²) in [5.41, 5.74) is 0.448. The second-order valence-corrected chi connectivity index (χ2v) is 4.97. The zero-order valence-electron chi connectivity index (χ0n) is 10.1. The van der Waals surface area contributed by atoms with Gasteiger partial charge in [0.1, 0.15) is 0 Å². The molecule has 1 saturated carbocycles. The molecule has 0 spiro atoms. The van der Waals surface area contributed by atoms with Crippen LogP contribution in [0.25, 0.3) is 0 Å². The van der Waals surface area contributed by atoms with Crippen LogP contribution < -0.4 is 0 Å². The van der Waals surface area contributed by atoms with Gasteiger partial charge < -0.3 is 0 Å². The minimum atomic E-state index is -4.40. The topological polar surface area (TPSA) is 46.5 Å². The smallest absolute Gasteiger partial charge is 0.282 e. The van der Waals surface area contributed by atoms with E-state index in [0.29, 0.717) is 12.1 Å². The highest BCUT2D eigenvalue weighted by molar-refractivity contribution is 5.19. The number of H-pyrrole nitrogens is 1. The van der Waals surface area contributed by atoms with Gasteiger partial charge in [-0.3, -0.25) is 9.78 Å². The van der Waals surface area contributed by atoms with Gasteiger partial charge in [0.25, 0.3) is 0 Å². The molecule has 0 aromatic carbocycles. The Hall–Kier alpha value is -1.79. The fraction of sp³-hybridized carbons (Fsp3) is 0.500. The van der Waals surface area contributed by atoms with E-state index in [1.165, 1.54) is 12.8 Å². The highest BCUT2D eigenvalue weighted by Crippen LogP contribution is 2.30. The number of nitrogens with zero attached hydrogens (tertiary/aromatic N) is 3. The van der Waals surface area contributed by atoms with E-state index in [-0.39, 0.29) is 0 Å². The number of aromatic nitrogens is 4. The molecule has 1 fully saturated rings. The van der Waals surface area contributed by atoms with Crippen molar-refractivity contribution in [2.75, 3.05) is 0 Å². The minimum absolute atomic E-state index is 0.383. The predicted molar refractivity (Wildman–Crippen MR) is 61.3 cm³/mol. The number of rotatable bonds is 4. The molecule has 3 rings (SSSR count). The van der Waals surface area contributed by atoms with Gasteiger partial charge in [-0.1, -0.05) is 0 Å². The van der Waals surface area contributed by atoms with E-state index in [1.54, 1.807) is 6.20 Å². The molecule has 0 atom stereocenters. The summed E-state index contributed by atoms with van der Waals surface area (Å²) in [4.78, 5) is 0. The standard InChI is InChI=1S/C12H13F3N4/c13-12(14,15)11-4-10(17-18-11)3-9-5-16-19(7-9)6-8-1-2-8/h4-5,7-8H,1-3,6H2,(H,17,18). The van der Waals surface area contributed by atoms with Crippen molar-refractivity contribution in [3.8, 4) is 0 Å². The van der Waals surface area contributed by atoms with E-state index < -0.39 is 11.9 Å². The number of aromatic amines is 1. The molecule has 0 saturated heterocycles. The summed E-state index contributed by atoms with van der Waals surface area (Å²) in [6.07, 6.45) is 2.04. The number of halogens is 3. The van der Waals surface area contributed by atoms with Crippen molar-refractivity contribution >= 4 is 0 Å². The maximum Gasteiger partial charge on any atom is 0.435 e. The lowest BCUT2D eigenvalue weighted by molar-refractivity contribution is -0.141. The molecule has 1 aliphatic carbocycles. The van der Waals surface area contributed by atoms with Crippen molar-refractivity contribution in [2.24, 2.45) is 5.92 Å². The summed E-state index contributed by atoms with van der Waals surface area (Å²) in [5, 5.41) is 9.90. The average Bonchev–Trinajstić information content (AvgIpc) is 2.84. The van der Waals surface area contributed by atoms with Gasteiger partial charge in [-0.2, -0.15) is 23.4 Å². The van der Waals surface area contributed by atoms with Crippen LogP contribution in [0.5, 0.6) is 0 Å². The molecule has 2 heterocycles. The quantitative estimate of drug-likeness (QED) is 0.928. The van der Waals surface area contributed by atoms with E-state index in [1.807, 2.05) is 10.9 Å². The van der Waals surface area contributed by atoms with Crippen LogP contribution in [-0.2, 0) is 19.1 Å². The van der Waals surface area contributed by atoms with Gasteiger partial charge >= 0.3 is 6.18 Å². The largest absolute Gasteiger partial charge is 0.435 e. The van der Waals surface area contributed by atoms with E-state index in [9.17, 15) is 13.2 Å². The van der Waals surface area contributed by atoms with Gasteiger partial charge in [0.2, 0.25) is 0 Å². The molecule has 0 bridgehead atoms. The first-order chi connectivity index (χ1) is 9.00. The van der Waals surface area contributed by atoms with E-state index in [0.717, 1.165) is 24.1 Å². The summed E-state index contributed by atoms with van der Waals surface area (Å²) >= 11 is 0. The molecule has 0 aliphatic heterocycles. The normalized spacial score (nSPS) is 15.9. The van der Waals surface area contributed by atoms with Crippen molar-refractivity contribution in [1.82, 2.24) is 20.0 Å². The Labute approximate surface area is 107 Å². The fourth-order valence-electron chi connectivity index (χ4n) is 1.98. The fourth-order valence-corrected chi connectivity index (χ4v) is 1.98. The van der Waals surface area contributed by atoms with Crippen molar-refractivity contribution in [2.45, 2.75) is 32.0 Å². The second kappa shape index (κ2) is 4.40. The second-order valence-electron chi connectivity index (χ2n) is 4.97. The van der Waals surface area contributed by atoms with Crippen LogP contribution in [0, 0.1) is 5.92 Å². The Kier molecular flexibility index (Phi) is 2.83. The van der Waals surface area contributed by atoms with Crippen LogP contribution in [0.3, 0.4) is 0 Å². The Bertz CT molecular complexity index is 566. The lowest BCUT2D eigenvalue weighted by Crippen LogP contribution is -2.04. The van der Waals surface area contributed by atoms with Gasteiger partial charge in [0, 0.05) is 24.9 Å². The van der Waals surface area contributed by atoms with Crippen molar-refractivity contribution in [1.29, 1.82) is 0 Å². The summed E-state index contributed by atoms with van der Waals surface area (Å²) in [7, 11) is 0. The van der Waals surface area contributed by atoms with Crippen LogP contribution >= 0.6 is 0 Å². The lowest BCUT2D eigenvalue weighted by atomic mass is 10.2. The van der Waals surface area contributed by atoms with Crippen molar-refractivity contribution < 1.29 is 13.2 Å². The highest BCUT2D eigenvalue weighted by Gasteiger charge is 2.33. The first-order valence-electron chi connectivity index (χ1n) is 6.13. The molecule has 2 aromatic rings. The number of nitrogens with one attached hydrogen (secondary N) is 1. The molecule has 0 radical (unpaired) electrons. The molecule has 0 unspecified atom stereocenters. The third kappa shape index (κ3) is 2.97. The van der Waals surface area contributed by atoms with Crippen molar-refractivity contribution in [3.63, 3.8) is 0 Å². The Balaban J connectivity index is 1.66. The molecular formula is C12H13F3N4. The average molecular weight is 270 g/mol. The molecule has 19 heavy (non-hydrogen) atoms. The lowest BCUT2D eigenvalue weighted by Gasteiger charge is -1.98. The number of alkyl halides is 3. The van der Waals surface area contributed by atoms with Gasteiger partial charge in [-0.05, 0) is 30.4 Å². The molecule has 1 N–H and O–H groups in total. The predicted octanol–water partition coefficient (Wildman–Crippen LogP) is 2.63. The van der Waals surface area contributed by atoms with E-state index >= 15 is 0 Å². The molecule has 0 amide bonds. The van der Waals surface area contributed by atoms with Gasteiger partial charge in [-0.25, -0.2) is 0 Å². The molecule has 4 nitrogen and oxygen atoms in total.